The largest absolute Gasteiger partial charge is 0.384 e. The van der Waals surface area contributed by atoms with Crippen LogP contribution in [0.25, 0.3) is 17.0 Å². The van der Waals surface area contributed by atoms with Gasteiger partial charge in [-0.1, -0.05) is 12.1 Å². The minimum Gasteiger partial charge on any atom is -0.384 e. The maximum atomic E-state index is 5.68. The number of hydrogen-bond acceptors (Lipinski definition) is 3. The van der Waals surface area contributed by atoms with Crippen molar-refractivity contribution in [2.45, 2.75) is 0 Å². The van der Waals surface area contributed by atoms with Crippen LogP contribution in [0.1, 0.15) is 0 Å². The van der Waals surface area contributed by atoms with Crippen molar-refractivity contribution in [3.05, 3.63) is 48.8 Å². The van der Waals surface area contributed by atoms with E-state index in [1.54, 1.807) is 12.3 Å². The van der Waals surface area contributed by atoms with E-state index in [-0.39, 0.29) is 0 Å². The van der Waals surface area contributed by atoms with Gasteiger partial charge < -0.3 is 5.73 Å². The van der Waals surface area contributed by atoms with Gasteiger partial charge in [-0.15, -0.1) is 0 Å². The van der Waals surface area contributed by atoms with E-state index in [1.165, 1.54) is 0 Å². The molecular formula is C12H10N4. The molecule has 0 amide bonds. The van der Waals surface area contributed by atoms with Gasteiger partial charge in [0.15, 0.2) is 0 Å². The smallest absolute Gasteiger partial charge is 0.137 e. The maximum absolute atomic E-state index is 5.68. The molecule has 2 N–H and O–H groups in total. The summed E-state index contributed by atoms with van der Waals surface area (Å²) in [4.78, 5) is 8.53. The lowest BCUT2D eigenvalue weighted by Crippen LogP contribution is -1.95. The lowest BCUT2D eigenvalue weighted by Gasteiger charge is -2.04. The first-order valence-electron chi connectivity index (χ1n) is 4.99. The number of fused-ring (bicyclic) bond motifs is 1. The number of imidazole rings is 1. The van der Waals surface area contributed by atoms with Gasteiger partial charge in [0.1, 0.15) is 11.5 Å². The average Bonchev–Trinajstić information content (AvgIpc) is 2.76. The Morgan fingerprint density at radius 3 is 2.81 bits per heavy atom. The summed E-state index contributed by atoms with van der Waals surface area (Å²) in [6.07, 6.45) is 3.68. The fraction of sp³-hybridized carbons (Fsp3) is 0. The summed E-state index contributed by atoms with van der Waals surface area (Å²) in [6.45, 7) is 0. The minimum absolute atomic E-state index is 0.523. The van der Waals surface area contributed by atoms with Gasteiger partial charge in [0.05, 0.1) is 11.4 Å². The highest BCUT2D eigenvalue weighted by Crippen LogP contribution is 2.18. The highest BCUT2D eigenvalue weighted by atomic mass is 15.0. The second-order valence-corrected chi connectivity index (χ2v) is 3.51. The van der Waals surface area contributed by atoms with Crippen molar-refractivity contribution in [1.82, 2.24) is 14.4 Å². The molecule has 0 fully saturated rings. The molecule has 0 atom stereocenters. The average molecular weight is 210 g/mol. The third-order valence-corrected chi connectivity index (χ3v) is 2.46. The van der Waals surface area contributed by atoms with Crippen molar-refractivity contribution in [3.8, 4) is 11.4 Å². The van der Waals surface area contributed by atoms with Crippen LogP contribution in [-0.2, 0) is 0 Å². The summed E-state index contributed by atoms with van der Waals surface area (Å²) in [7, 11) is 0. The lowest BCUT2D eigenvalue weighted by molar-refractivity contribution is 1.16. The SMILES string of the molecule is Nc1cccc(-c2cccc3nccn23)n1. The van der Waals surface area contributed by atoms with E-state index < -0.39 is 0 Å². The number of hydrogen-bond donors (Lipinski definition) is 1. The van der Waals surface area contributed by atoms with E-state index in [4.69, 9.17) is 5.73 Å². The van der Waals surface area contributed by atoms with Crippen molar-refractivity contribution in [1.29, 1.82) is 0 Å². The summed E-state index contributed by atoms with van der Waals surface area (Å²) in [5, 5.41) is 0. The van der Waals surface area contributed by atoms with Gasteiger partial charge in [-0.25, -0.2) is 9.97 Å². The van der Waals surface area contributed by atoms with Crippen molar-refractivity contribution in [2.75, 3.05) is 5.73 Å². The highest BCUT2D eigenvalue weighted by Gasteiger charge is 2.04. The van der Waals surface area contributed by atoms with Crippen molar-refractivity contribution >= 4 is 11.5 Å². The Hall–Kier alpha value is -2.36. The van der Waals surface area contributed by atoms with Crippen LogP contribution in [0.4, 0.5) is 5.82 Å². The van der Waals surface area contributed by atoms with Gasteiger partial charge in [0, 0.05) is 12.4 Å². The van der Waals surface area contributed by atoms with Crippen LogP contribution in [-0.4, -0.2) is 14.4 Å². The molecule has 3 rings (SSSR count). The number of anilines is 1. The first-order valence-corrected chi connectivity index (χ1v) is 4.99. The molecule has 0 spiro atoms. The van der Waals surface area contributed by atoms with Crippen LogP contribution in [0.3, 0.4) is 0 Å². The third kappa shape index (κ3) is 1.32. The third-order valence-electron chi connectivity index (χ3n) is 2.46. The Bertz CT molecular complexity index is 642. The Kier molecular flexibility index (Phi) is 1.86. The highest BCUT2D eigenvalue weighted by molar-refractivity contribution is 5.61. The standard InChI is InChI=1S/C12H10N4/c13-11-5-1-3-9(15-11)10-4-2-6-12-14-7-8-16(10)12/h1-8H,(H2,13,15). The number of aromatic nitrogens is 3. The zero-order valence-electron chi connectivity index (χ0n) is 8.54. The molecule has 0 saturated carbocycles. The second kappa shape index (κ2) is 3.34. The number of pyridine rings is 2. The quantitative estimate of drug-likeness (QED) is 0.668. The lowest BCUT2D eigenvalue weighted by atomic mass is 10.2. The molecule has 4 nitrogen and oxygen atoms in total. The van der Waals surface area contributed by atoms with Crippen molar-refractivity contribution in [2.24, 2.45) is 0 Å². The number of nitrogens with two attached hydrogens (primary N) is 1. The van der Waals surface area contributed by atoms with Crippen LogP contribution in [0, 0.1) is 0 Å². The van der Waals surface area contributed by atoms with E-state index in [2.05, 4.69) is 9.97 Å². The molecule has 0 aromatic carbocycles. The molecule has 3 aromatic heterocycles. The molecule has 0 radical (unpaired) electrons. The molecular weight excluding hydrogens is 200 g/mol. The maximum Gasteiger partial charge on any atom is 0.137 e. The molecule has 0 saturated heterocycles. The fourth-order valence-corrected chi connectivity index (χ4v) is 1.75. The van der Waals surface area contributed by atoms with Gasteiger partial charge in [-0.3, -0.25) is 4.40 Å². The fourth-order valence-electron chi connectivity index (χ4n) is 1.75. The molecule has 0 unspecified atom stereocenters. The normalized spacial score (nSPS) is 10.8. The molecule has 3 heterocycles. The predicted molar refractivity (Wildman–Crippen MR) is 62.8 cm³/mol. The summed E-state index contributed by atoms with van der Waals surface area (Å²) >= 11 is 0. The van der Waals surface area contributed by atoms with Gasteiger partial charge >= 0.3 is 0 Å². The molecule has 0 aliphatic carbocycles. The summed E-state index contributed by atoms with van der Waals surface area (Å²) < 4.78 is 1.99. The van der Waals surface area contributed by atoms with Gasteiger partial charge in [0.25, 0.3) is 0 Å². The van der Waals surface area contributed by atoms with Crippen molar-refractivity contribution < 1.29 is 0 Å². The van der Waals surface area contributed by atoms with Crippen LogP contribution < -0.4 is 5.73 Å². The predicted octanol–water partition coefficient (Wildman–Crippen LogP) is 1.98. The summed E-state index contributed by atoms with van der Waals surface area (Å²) in [6, 6.07) is 11.5. The van der Waals surface area contributed by atoms with Gasteiger partial charge in [-0.2, -0.15) is 0 Å². The zero-order chi connectivity index (χ0) is 11.0. The monoisotopic (exact) mass is 210 g/mol. The van der Waals surface area contributed by atoms with E-state index in [1.807, 2.05) is 40.9 Å². The van der Waals surface area contributed by atoms with Crippen molar-refractivity contribution in [3.63, 3.8) is 0 Å². The van der Waals surface area contributed by atoms with E-state index in [0.717, 1.165) is 17.0 Å². The van der Waals surface area contributed by atoms with Crippen LogP contribution in [0.5, 0.6) is 0 Å². The Labute approximate surface area is 92.4 Å². The molecule has 78 valence electrons. The Balaban J connectivity index is 2.29. The summed E-state index contributed by atoms with van der Waals surface area (Å²) in [5.41, 5.74) is 8.42. The molecule has 16 heavy (non-hydrogen) atoms. The first-order chi connectivity index (χ1) is 7.84. The Morgan fingerprint density at radius 2 is 1.94 bits per heavy atom. The molecule has 0 bridgehead atoms. The van der Waals surface area contributed by atoms with Crippen LogP contribution in [0.2, 0.25) is 0 Å². The topological polar surface area (TPSA) is 56.2 Å². The minimum atomic E-state index is 0.523. The number of nitrogens with zero attached hydrogens (tertiary/aromatic N) is 3. The van der Waals surface area contributed by atoms with Gasteiger partial charge in [0.2, 0.25) is 0 Å². The number of nitrogen functional groups attached to an aromatic ring is 1. The second-order valence-electron chi connectivity index (χ2n) is 3.51. The Morgan fingerprint density at radius 1 is 1.06 bits per heavy atom. The van der Waals surface area contributed by atoms with Crippen LogP contribution >= 0.6 is 0 Å². The molecule has 3 aromatic rings. The molecule has 0 aliphatic rings. The van der Waals surface area contributed by atoms with E-state index >= 15 is 0 Å². The van der Waals surface area contributed by atoms with E-state index in [9.17, 15) is 0 Å². The molecule has 4 heteroatoms. The van der Waals surface area contributed by atoms with Gasteiger partial charge in [-0.05, 0) is 24.3 Å². The van der Waals surface area contributed by atoms with Crippen LogP contribution in [0.15, 0.2) is 48.8 Å². The first kappa shape index (κ1) is 8.91. The molecule has 0 aliphatic heterocycles. The van der Waals surface area contributed by atoms with E-state index in [0.29, 0.717) is 5.82 Å². The summed E-state index contributed by atoms with van der Waals surface area (Å²) in [5.74, 6) is 0.523. The zero-order valence-corrected chi connectivity index (χ0v) is 8.54. The number of rotatable bonds is 1.